The molecular formula is C14H12N2O. The molecule has 1 aromatic carbocycles. The predicted molar refractivity (Wildman–Crippen MR) is 64.1 cm³/mol. The second-order valence-corrected chi connectivity index (χ2v) is 4.37. The first-order valence-corrected chi connectivity index (χ1v) is 5.66. The van der Waals surface area contributed by atoms with Crippen molar-refractivity contribution in [3.63, 3.8) is 0 Å². The van der Waals surface area contributed by atoms with E-state index in [-0.39, 0.29) is 5.92 Å². The van der Waals surface area contributed by atoms with E-state index >= 15 is 0 Å². The summed E-state index contributed by atoms with van der Waals surface area (Å²) in [7, 11) is 0. The monoisotopic (exact) mass is 224 g/mol. The van der Waals surface area contributed by atoms with Crippen molar-refractivity contribution in [1.29, 1.82) is 0 Å². The highest BCUT2D eigenvalue weighted by molar-refractivity contribution is 5.71. The Hall–Kier alpha value is -2.03. The highest BCUT2D eigenvalue weighted by Crippen LogP contribution is 2.38. The minimum absolute atomic E-state index is 0.254. The first-order valence-electron chi connectivity index (χ1n) is 5.66. The Labute approximate surface area is 99.5 Å². The number of fused-ring (bicyclic) bond motifs is 1. The fourth-order valence-corrected chi connectivity index (χ4v) is 2.32. The molecule has 1 unspecified atom stereocenters. The molecule has 84 valence electrons. The molecule has 1 atom stereocenters. The number of carbonyl (C=O) groups excluding carboxylic acids is 1. The fourth-order valence-electron chi connectivity index (χ4n) is 2.32. The van der Waals surface area contributed by atoms with Crippen molar-refractivity contribution in [2.24, 2.45) is 0 Å². The van der Waals surface area contributed by atoms with Crippen LogP contribution in [0.3, 0.4) is 0 Å². The minimum Gasteiger partial charge on any atom is -0.296 e. The zero-order valence-electron chi connectivity index (χ0n) is 9.55. The van der Waals surface area contributed by atoms with Gasteiger partial charge in [0.15, 0.2) is 6.29 Å². The van der Waals surface area contributed by atoms with Gasteiger partial charge in [-0.15, -0.1) is 0 Å². The Morgan fingerprint density at radius 2 is 2.12 bits per heavy atom. The molecule has 2 aromatic rings. The number of rotatable bonds is 2. The summed E-state index contributed by atoms with van der Waals surface area (Å²) >= 11 is 0. The lowest BCUT2D eigenvalue weighted by Gasteiger charge is -2.28. The van der Waals surface area contributed by atoms with Gasteiger partial charge in [0.1, 0.15) is 11.5 Å². The molecule has 3 nitrogen and oxygen atoms in total. The highest BCUT2D eigenvalue weighted by atomic mass is 16.1. The lowest BCUT2D eigenvalue weighted by molar-refractivity contribution is 0.111. The Morgan fingerprint density at radius 3 is 2.88 bits per heavy atom. The molecule has 1 aliphatic carbocycles. The van der Waals surface area contributed by atoms with Crippen LogP contribution >= 0.6 is 0 Å². The van der Waals surface area contributed by atoms with E-state index in [1.54, 1.807) is 6.07 Å². The Kier molecular flexibility index (Phi) is 2.25. The molecule has 0 saturated heterocycles. The van der Waals surface area contributed by atoms with E-state index in [9.17, 15) is 4.79 Å². The average molecular weight is 224 g/mol. The second-order valence-electron chi connectivity index (χ2n) is 4.37. The van der Waals surface area contributed by atoms with Crippen molar-refractivity contribution in [1.82, 2.24) is 9.97 Å². The van der Waals surface area contributed by atoms with Crippen LogP contribution in [0.25, 0.3) is 0 Å². The van der Waals surface area contributed by atoms with Crippen molar-refractivity contribution < 1.29 is 4.79 Å². The van der Waals surface area contributed by atoms with Crippen molar-refractivity contribution in [3.05, 3.63) is 58.7 Å². The average Bonchev–Trinajstić information content (AvgIpc) is 2.30. The third kappa shape index (κ3) is 1.64. The first kappa shape index (κ1) is 10.1. The Balaban J connectivity index is 2.02. The second kappa shape index (κ2) is 3.77. The lowest BCUT2D eigenvalue weighted by atomic mass is 9.77. The molecule has 1 heterocycles. The van der Waals surface area contributed by atoms with Gasteiger partial charge in [0.2, 0.25) is 0 Å². The van der Waals surface area contributed by atoms with Crippen LogP contribution in [-0.4, -0.2) is 16.3 Å². The van der Waals surface area contributed by atoms with Gasteiger partial charge in [-0.1, -0.05) is 24.3 Å². The number of benzene rings is 1. The number of aldehydes is 1. The molecule has 3 heteroatoms. The number of nitrogens with zero attached hydrogens (tertiary/aromatic N) is 2. The third-order valence-electron chi connectivity index (χ3n) is 3.18. The topological polar surface area (TPSA) is 42.9 Å². The van der Waals surface area contributed by atoms with Crippen molar-refractivity contribution in [2.75, 3.05) is 0 Å². The Bertz CT molecular complexity index is 593. The summed E-state index contributed by atoms with van der Waals surface area (Å²) in [6.07, 6.45) is 1.75. The predicted octanol–water partition coefficient (Wildman–Crippen LogP) is 2.29. The molecular weight excluding hydrogens is 212 g/mol. The van der Waals surface area contributed by atoms with Gasteiger partial charge in [0.25, 0.3) is 0 Å². The van der Waals surface area contributed by atoms with Gasteiger partial charge in [-0.3, -0.25) is 4.79 Å². The van der Waals surface area contributed by atoms with Gasteiger partial charge in [-0.25, -0.2) is 9.97 Å². The summed E-state index contributed by atoms with van der Waals surface area (Å²) in [6, 6.07) is 10.0. The van der Waals surface area contributed by atoms with Gasteiger partial charge >= 0.3 is 0 Å². The van der Waals surface area contributed by atoms with E-state index < -0.39 is 0 Å². The molecule has 3 rings (SSSR count). The maximum absolute atomic E-state index is 10.8. The van der Waals surface area contributed by atoms with Crippen molar-refractivity contribution in [2.45, 2.75) is 19.3 Å². The third-order valence-corrected chi connectivity index (χ3v) is 3.18. The van der Waals surface area contributed by atoms with Gasteiger partial charge in [0, 0.05) is 11.6 Å². The van der Waals surface area contributed by atoms with E-state index in [2.05, 4.69) is 22.1 Å². The summed E-state index contributed by atoms with van der Waals surface area (Å²) in [4.78, 5) is 19.5. The van der Waals surface area contributed by atoms with Gasteiger partial charge < -0.3 is 0 Å². The van der Waals surface area contributed by atoms with E-state index in [1.165, 1.54) is 11.1 Å². The molecule has 0 radical (unpaired) electrons. The number of hydrogen-bond donors (Lipinski definition) is 0. The number of aryl methyl sites for hydroxylation is 1. The SMILES string of the molecule is Cc1cc(C=O)nc(C2Cc3ccccc32)n1. The maximum atomic E-state index is 10.8. The molecule has 0 saturated carbocycles. The van der Waals surface area contributed by atoms with Gasteiger partial charge in [-0.2, -0.15) is 0 Å². The summed E-state index contributed by atoms with van der Waals surface area (Å²) in [5, 5.41) is 0. The molecule has 0 spiro atoms. The van der Waals surface area contributed by atoms with Crippen LogP contribution in [0.15, 0.2) is 30.3 Å². The highest BCUT2D eigenvalue weighted by Gasteiger charge is 2.29. The number of hydrogen-bond acceptors (Lipinski definition) is 3. The number of aromatic nitrogens is 2. The van der Waals surface area contributed by atoms with Crippen LogP contribution < -0.4 is 0 Å². The number of carbonyl (C=O) groups is 1. The molecule has 1 aromatic heterocycles. The molecule has 0 N–H and O–H groups in total. The Morgan fingerprint density at radius 1 is 1.29 bits per heavy atom. The molecule has 1 aliphatic rings. The van der Waals surface area contributed by atoms with Crippen LogP contribution in [0.5, 0.6) is 0 Å². The normalized spacial score (nSPS) is 17.1. The van der Waals surface area contributed by atoms with Crippen LogP contribution in [0.4, 0.5) is 0 Å². The van der Waals surface area contributed by atoms with E-state index in [4.69, 9.17) is 0 Å². The minimum atomic E-state index is 0.254. The molecule has 0 amide bonds. The summed E-state index contributed by atoms with van der Waals surface area (Å²) < 4.78 is 0. The molecule has 17 heavy (non-hydrogen) atoms. The fraction of sp³-hybridized carbons (Fsp3) is 0.214. The van der Waals surface area contributed by atoms with Crippen LogP contribution in [-0.2, 0) is 6.42 Å². The van der Waals surface area contributed by atoms with Crippen LogP contribution in [0, 0.1) is 6.92 Å². The maximum Gasteiger partial charge on any atom is 0.168 e. The zero-order chi connectivity index (χ0) is 11.8. The van der Waals surface area contributed by atoms with Gasteiger partial charge in [-0.05, 0) is 30.5 Å². The molecule has 0 aliphatic heterocycles. The smallest absolute Gasteiger partial charge is 0.168 e. The molecule has 0 fully saturated rings. The van der Waals surface area contributed by atoms with Crippen molar-refractivity contribution in [3.8, 4) is 0 Å². The van der Waals surface area contributed by atoms with E-state index in [1.807, 2.05) is 19.1 Å². The first-order chi connectivity index (χ1) is 8.28. The molecule has 0 bridgehead atoms. The summed E-state index contributed by atoms with van der Waals surface area (Å²) in [5.74, 6) is 1.02. The van der Waals surface area contributed by atoms with Crippen LogP contribution in [0.1, 0.15) is 39.1 Å². The van der Waals surface area contributed by atoms with Gasteiger partial charge in [0.05, 0.1) is 0 Å². The lowest BCUT2D eigenvalue weighted by Crippen LogP contribution is -2.21. The zero-order valence-corrected chi connectivity index (χ0v) is 9.55. The van der Waals surface area contributed by atoms with E-state index in [0.717, 1.165) is 24.2 Å². The van der Waals surface area contributed by atoms with Crippen LogP contribution in [0.2, 0.25) is 0 Å². The van der Waals surface area contributed by atoms with Crippen molar-refractivity contribution >= 4 is 6.29 Å². The summed E-state index contributed by atoms with van der Waals surface area (Å²) in [6.45, 7) is 1.89. The summed E-state index contributed by atoms with van der Waals surface area (Å²) in [5.41, 5.74) is 3.96. The largest absolute Gasteiger partial charge is 0.296 e. The quantitative estimate of drug-likeness (QED) is 0.735. The standard InChI is InChI=1S/C14H12N2O/c1-9-6-11(8-17)16-14(15-9)13-7-10-4-2-3-5-12(10)13/h2-6,8,13H,7H2,1H3. The van der Waals surface area contributed by atoms with E-state index in [0.29, 0.717) is 5.69 Å².